The molecular weight excluding hydrogens is 328 g/mol. The molecule has 1 aromatic rings. The highest BCUT2D eigenvalue weighted by Gasteiger charge is 2.18. The number of hydrogen-bond acceptors (Lipinski definition) is 5. The van der Waals surface area contributed by atoms with E-state index in [1.807, 2.05) is 0 Å². The molecule has 1 aliphatic heterocycles. The predicted octanol–water partition coefficient (Wildman–Crippen LogP) is 2.75. The number of carbonyl (C=O) groups is 2. The van der Waals surface area contributed by atoms with Crippen molar-refractivity contribution in [3.05, 3.63) is 22.2 Å². The molecule has 0 aliphatic carbocycles. The summed E-state index contributed by atoms with van der Waals surface area (Å²) in [6.45, 7) is 1.14. The summed E-state index contributed by atoms with van der Waals surface area (Å²) in [7, 11) is 1.30. The van der Waals surface area contributed by atoms with Crippen LogP contribution in [0.15, 0.2) is 16.6 Å². The van der Waals surface area contributed by atoms with Crippen molar-refractivity contribution in [1.29, 1.82) is 0 Å². The highest BCUT2D eigenvalue weighted by Crippen LogP contribution is 2.38. The van der Waals surface area contributed by atoms with Crippen LogP contribution >= 0.6 is 15.9 Å². The van der Waals surface area contributed by atoms with Gasteiger partial charge in [0.25, 0.3) is 0 Å². The Bertz CT molecular complexity index is 527. The van der Waals surface area contributed by atoms with Gasteiger partial charge in [-0.1, -0.05) is 0 Å². The van der Waals surface area contributed by atoms with Crippen LogP contribution in [-0.2, 0) is 9.53 Å². The van der Waals surface area contributed by atoms with Gasteiger partial charge in [0.15, 0.2) is 17.3 Å². The molecule has 5 nitrogen and oxygen atoms in total. The summed E-state index contributed by atoms with van der Waals surface area (Å²) in [5, 5.41) is 0. The molecule has 6 heteroatoms. The maximum Gasteiger partial charge on any atom is 0.305 e. The van der Waals surface area contributed by atoms with E-state index in [1.54, 1.807) is 12.1 Å². The number of benzene rings is 1. The Hall–Kier alpha value is -1.56. The molecule has 0 spiro atoms. The quantitative estimate of drug-likeness (QED) is 0.621. The Balaban J connectivity index is 2.16. The second-order valence-corrected chi connectivity index (χ2v) is 5.19. The Kier molecular flexibility index (Phi) is 5.00. The zero-order valence-corrected chi connectivity index (χ0v) is 12.7. The first-order valence-corrected chi connectivity index (χ1v) is 7.10. The van der Waals surface area contributed by atoms with Crippen LogP contribution in [0.3, 0.4) is 0 Å². The Labute approximate surface area is 125 Å². The summed E-state index contributed by atoms with van der Waals surface area (Å²) in [4.78, 5) is 23.1. The third-order valence-electron chi connectivity index (χ3n) is 2.91. The van der Waals surface area contributed by atoms with E-state index in [9.17, 15) is 9.59 Å². The topological polar surface area (TPSA) is 61.8 Å². The van der Waals surface area contributed by atoms with Crippen molar-refractivity contribution in [1.82, 2.24) is 0 Å². The number of carbonyl (C=O) groups excluding carboxylic acids is 2. The fourth-order valence-corrected chi connectivity index (χ4v) is 2.41. The molecule has 20 heavy (non-hydrogen) atoms. The molecule has 1 heterocycles. The second-order valence-electron chi connectivity index (χ2n) is 4.34. The van der Waals surface area contributed by atoms with Crippen molar-refractivity contribution in [2.75, 3.05) is 20.3 Å². The average molecular weight is 343 g/mol. The molecule has 0 radical (unpaired) electrons. The van der Waals surface area contributed by atoms with Gasteiger partial charge in [-0.2, -0.15) is 0 Å². The highest BCUT2D eigenvalue weighted by molar-refractivity contribution is 9.10. The molecule has 0 amide bonds. The van der Waals surface area contributed by atoms with Gasteiger partial charge in [-0.25, -0.2) is 0 Å². The molecule has 0 unspecified atom stereocenters. The summed E-state index contributed by atoms with van der Waals surface area (Å²) in [5.41, 5.74) is 0.491. The Morgan fingerprint density at radius 3 is 2.75 bits per heavy atom. The van der Waals surface area contributed by atoms with Crippen molar-refractivity contribution in [2.24, 2.45) is 0 Å². The summed E-state index contributed by atoms with van der Waals surface area (Å²) >= 11 is 3.38. The lowest BCUT2D eigenvalue weighted by Crippen LogP contribution is -2.06. The molecule has 0 N–H and O–H groups in total. The molecule has 2 rings (SSSR count). The number of Topliss-reactive ketones (excluding diaryl/α,β-unsaturated/α-hetero) is 1. The standard InChI is InChI=1S/C14H15BrO5/c1-18-13(17)4-3-11(16)9-7-10(15)14-12(8-9)19-5-2-6-20-14/h7-8H,2-6H2,1H3. The monoisotopic (exact) mass is 342 g/mol. The summed E-state index contributed by atoms with van der Waals surface area (Å²) in [5.74, 6) is 0.642. The number of ketones is 1. The molecule has 1 aliphatic rings. The molecule has 1 aromatic carbocycles. The van der Waals surface area contributed by atoms with Gasteiger partial charge < -0.3 is 14.2 Å². The molecule has 0 atom stereocenters. The predicted molar refractivity (Wildman–Crippen MR) is 75.3 cm³/mol. The van der Waals surface area contributed by atoms with Crippen LogP contribution in [0, 0.1) is 0 Å². The lowest BCUT2D eigenvalue weighted by atomic mass is 10.1. The van der Waals surface area contributed by atoms with Gasteiger partial charge in [-0.15, -0.1) is 0 Å². The molecule has 0 saturated carbocycles. The van der Waals surface area contributed by atoms with Crippen molar-refractivity contribution in [3.63, 3.8) is 0 Å². The van der Waals surface area contributed by atoms with Crippen LogP contribution in [0.25, 0.3) is 0 Å². The van der Waals surface area contributed by atoms with Gasteiger partial charge in [0.2, 0.25) is 0 Å². The number of hydrogen-bond donors (Lipinski definition) is 0. The number of ether oxygens (including phenoxy) is 3. The first-order chi connectivity index (χ1) is 9.61. The van der Waals surface area contributed by atoms with E-state index in [-0.39, 0.29) is 18.6 Å². The molecule has 0 bridgehead atoms. The van der Waals surface area contributed by atoms with E-state index in [4.69, 9.17) is 9.47 Å². The molecule has 0 fully saturated rings. The van der Waals surface area contributed by atoms with Crippen LogP contribution in [0.5, 0.6) is 11.5 Å². The fourth-order valence-electron chi connectivity index (χ4n) is 1.85. The van der Waals surface area contributed by atoms with Gasteiger partial charge in [0.05, 0.1) is 31.2 Å². The van der Waals surface area contributed by atoms with Gasteiger partial charge in [-0.3, -0.25) is 9.59 Å². The largest absolute Gasteiger partial charge is 0.489 e. The lowest BCUT2D eigenvalue weighted by molar-refractivity contribution is -0.140. The number of rotatable bonds is 4. The minimum Gasteiger partial charge on any atom is -0.489 e. The maximum atomic E-state index is 12.1. The van der Waals surface area contributed by atoms with E-state index < -0.39 is 5.97 Å². The summed E-state index contributed by atoms with van der Waals surface area (Å²) in [6, 6.07) is 3.35. The van der Waals surface area contributed by atoms with E-state index in [0.29, 0.717) is 34.7 Å². The normalized spacial score (nSPS) is 13.5. The summed E-state index contributed by atoms with van der Waals surface area (Å²) in [6.07, 6.45) is 0.979. The lowest BCUT2D eigenvalue weighted by Gasteiger charge is -2.11. The van der Waals surface area contributed by atoms with Crippen LogP contribution in [0.4, 0.5) is 0 Å². The first kappa shape index (κ1) is 14.8. The molecule has 0 saturated heterocycles. The fraction of sp³-hybridized carbons (Fsp3) is 0.429. The van der Waals surface area contributed by atoms with Crippen LogP contribution in [0.1, 0.15) is 29.6 Å². The number of esters is 1. The highest BCUT2D eigenvalue weighted by atomic mass is 79.9. The van der Waals surface area contributed by atoms with E-state index >= 15 is 0 Å². The molecule has 108 valence electrons. The van der Waals surface area contributed by atoms with Crippen molar-refractivity contribution < 1.29 is 23.8 Å². The Morgan fingerprint density at radius 2 is 2.00 bits per heavy atom. The number of halogens is 1. The SMILES string of the molecule is COC(=O)CCC(=O)c1cc(Br)c2c(c1)OCCCO2. The zero-order chi connectivity index (χ0) is 14.5. The van der Waals surface area contributed by atoms with Crippen LogP contribution in [-0.4, -0.2) is 32.1 Å². The van der Waals surface area contributed by atoms with Gasteiger partial charge in [-0.05, 0) is 28.1 Å². The van der Waals surface area contributed by atoms with E-state index in [1.165, 1.54) is 7.11 Å². The van der Waals surface area contributed by atoms with Gasteiger partial charge in [0, 0.05) is 18.4 Å². The van der Waals surface area contributed by atoms with Crippen molar-refractivity contribution >= 4 is 27.7 Å². The average Bonchev–Trinajstić information content (AvgIpc) is 2.69. The maximum absolute atomic E-state index is 12.1. The molecular formula is C14H15BrO5. The third kappa shape index (κ3) is 3.50. The first-order valence-electron chi connectivity index (χ1n) is 6.31. The van der Waals surface area contributed by atoms with Crippen molar-refractivity contribution in [3.8, 4) is 11.5 Å². The van der Waals surface area contributed by atoms with Gasteiger partial charge >= 0.3 is 5.97 Å². The summed E-state index contributed by atoms with van der Waals surface area (Å²) < 4.78 is 16.3. The van der Waals surface area contributed by atoms with Crippen LogP contribution in [0.2, 0.25) is 0 Å². The smallest absolute Gasteiger partial charge is 0.305 e. The van der Waals surface area contributed by atoms with E-state index in [2.05, 4.69) is 20.7 Å². The zero-order valence-electron chi connectivity index (χ0n) is 11.1. The number of fused-ring (bicyclic) bond motifs is 1. The Morgan fingerprint density at radius 1 is 1.25 bits per heavy atom. The van der Waals surface area contributed by atoms with Crippen LogP contribution < -0.4 is 9.47 Å². The van der Waals surface area contributed by atoms with Gasteiger partial charge in [0.1, 0.15) is 0 Å². The number of methoxy groups -OCH3 is 1. The minimum atomic E-state index is -0.397. The third-order valence-corrected chi connectivity index (χ3v) is 3.50. The second kappa shape index (κ2) is 6.74. The van der Waals surface area contributed by atoms with E-state index in [0.717, 1.165) is 6.42 Å². The minimum absolute atomic E-state index is 0.0708. The molecule has 0 aromatic heterocycles. The van der Waals surface area contributed by atoms with Crippen molar-refractivity contribution in [2.45, 2.75) is 19.3 Å².